The van der Waals surface area contributed by atoms with E-state index in [1.54, 1.807) is 36.4 Å². The zero-order valence-corrected chi connectivity index (χ0v) is 14.8. The van der Waals surface area contributed by atoms with Gasteiger partial charge in [0.25, 0.3) is 0 Å². The van der Waals surface area contributed by atoms with E-state index in [9.17, 15) is 9.59 Å². The van der Waals surface area contributed by atoms with Gasteiger partial charge in [-0.15, -0.1) is 0 Å². The lowest BCUT2D eigenvalue weighted by atomic mass is 10.1. The second kappa shape index (κ2) is 6.64. The first-order valence-electron chi connectivity index (χ1n) is 8.46. The van der Waals surface area contributed by atoms with Crippen LogP contribution in [0.2, 0.25) is 0 Å². The predicted octanol–water partition coefficient (Wildman–Crippen LogP) is 4.40. The highest BCUT2D eigenvalue weighted by Crippen LogP contribution is 2.27. The van der Waals surface area contributed by atoms with Crippen LogP contribution in [0.25, 0.3) is 21.9 Å². The van der Waals surface area contributed by atoms with Gasteiger partial charge in [0.05, 0.1) is 12.0 Å². The molecule has 136 valence electrons. The second-order valence-corrected chi connectivity index (χ2v) is 6.03. The van der Waals surface area contributed by atoms with Crippen molar-refractivity contribution in [2.24, 2.45) is 0 Å². The number of rotatable bonds is 4. The summed E-state index contributed by atoms with van der Waals surface area (Å²) in [5, 5.41) is 1.19. The Morgan fingerprint density at radius 3 is 2.48 bits per heavy atom. The van der Waals surface area contributed by atoms with Crippen LogP contribution in [0.5, 0.6) is 17.2 Å². The van der Waals surface area contributed by atoms with Crippen LogP contribution in [-0.2, 0) is 0 Å². The highest BCUT2D eigenvalue weighted by atomic mass is 16.5. The van der Waals surface area contributed by atoms with E-state index in [1.807, 2.05) is 13.8 Å². The molecule has 4 aromatic rings. The molecule has 0 aliphatic rings. The van der Waals surface area contributed by atoms with Crippen LogP contribution in [0.1, 0.15) is 12.5 Å². The van der Waals surface area contributed by atoms with Crippen LogP contribution < -0.4 is 20.5 Å². The van der Waals surface area contributed by atoms with Gasteiger partial charge in [0.1, 0.15) is 28.9 Å². The molecule has 0 aliphatic carbocycles. The first-order chi connectivity index (χ1) is 13.0. The van der Waals surface area contributed by atoms with Crippen molar-refractivity contribution in [3.63, 3.8) is 0 Å². The summed E-state index contributed by atoms with van der Waals surface area (Å²) in [7, 11) is 0. The van der Waals surface area contributed by atoms with E-state index in [4.69, 9.17) is 18.3 Å². The number of hydrogen-bond donors (Lipinski definition) is 0. The largest absolute Gasteiger partial charge is 0.494 e. The predicted molar refractivity (Wildman–Crippen MR) is 101 cm³/mol. The fourth-order valence-corrected chi connectivity index (χ4v) is 2.91. The van der Waals surface area contributed by atoms with Gasteiger partial charge in [0.2, 0.25) is 11.2 Å². The van der Waals surface area contributed by atoms with Crippen molar-refractivity contribution in [2.45, 2.75) is 13.8 Å². The second-order valence-electron chi connectivity index (χ2n) is 6.03. The summed E-state index contributed by atoms with van der Waals surface area (Å²) in [5.41, 5.74) is 0.878. The summed E-state index contributed by atoms with van der Waals surface area (Å²) in [6, 6.07) is 11.5. The van der Waals surface area contributed by atoms with E-state index in [-0.39, 0.29) is 11.2 Å². The zero-order chi connectivity index (χ0) is 19.0. The SMILES string of the molecule is CCOc1ccc2c(=O)c(Oc3ccc4c(C)cc(=O)oc4c3)coc2c1. The molecule has 2 aromatic heterocycles. The van der Waals surface area contributed by atoms with Gasteiger partial charge in [-0.25, -0.2) is 4.79 Å². The van der Waals surface area contributed by atoms with E-state index < -0.39 is 5.63 Å². The average molecular weight is 364 g/mol. The van der Waals surface area contributed by atoms with Crippen molar-refractivity contribution in [1.29, 1.82) is 0 Å². The van der Waals surface area contributed by atoms with Crippen LogP contribution in [-0.4, -0.2) is 6.61 Å². The molecule has 0 bridgehead atoms. The van der Waals surface area contributed by atoms with Gasteiger partial charge >= 0.3 is 5.63 Å². The Morgan fingerprint density at radius 2 is 1.67 bits per heavy atom. The number of fused-ring (bicyclic) bond motifs is 2. The number of ether oxygens (including phenoxy) is 2. The van der Waals surface area contributed by atoms with Crippen LogP contribution >= 0.6 is 0 Å². The summed E-state index contributed by atoms with van der Waals surface area (Å²) in [6.45, 7) is 4.23. The Balaban J connectivity index is 1.74. The van der Waals surface area contributed by atoms with Crippen molar-refractivity contribution in [2.75, 3.05) is 6.61 Å². The summed E-state index contributed by atoms with van der Waals surface area (Å²) in [4.78, 5) is 24.2. The van der Waals surface area contributed by atoms with Crippen molar-refractivity contribution >= 4 is 21.9 Å². The molecule has 6 nitrogen and oxygen atoms in total. The molecule has 27 heavy (non-hydrogen) atoms. The van der Waals surface area contributed by atoms with Crippen molar-refractivity contribution in [3.8, 4) is 17.2 Å². The third-order valence-electron chi connectivity index (χ3n) is 4.18. The Kier molecular flexibility index (Phi) is 4.16. The molecule has 0 amide bonds. The zero-order valence-electron chi connectivity index (χ0n) is 14.8. The molecule has 0 saturated heterocycles. The van der Waals surface area contributed by atoms with E-state index >= 15 is 0 Å². The standard InChI is InChI=1S/C21H16O6/c1-3-24-13-4-7-16-17(9-13)25-11-19(21(16)23)26-14-5-6-15-12(2)8-20(22)27-18(15)10-14/h4-11H,3H2,1-2H3. The summed E-state index contributed by atoms with van der Waals surface area (Å²) >= 11 is 0. The molecule has 4 rings (SSSR count). The minimum atomic E-state index is -0.438. The van der Waals surface area contributed by atoms with E-state index in [0.717, 1.165) is 10.9 Å². The van der Waals surface area contributed by atoms with Crippen LogP contribution in [0.3, 0.4) is 0 Å². The van der Waals surface area contributed by atoms with Gasteiger partial charge in [-0.3, -0.25) is 4.79 Å². The number of hydrogen-bond acceptors (Lipinski definition) is 6. The Hall–Kier alpha value is -3.54. The topological polar surface area (TPSA) is 78.9 Å². The highest BCUT2D eigenvalue weighted by molar-refractivity contribution is 5.82. The Bertz CT molecular complexity index is 1270. The normalized spacial score (nSPS) is 11.0. The molecular weight excluding hydrogens is 348 g/mol. The monoisotopic (exact) mass is 364 g/mol. The van der Waals surface area contributed by atoms with Crippen LogP contribution in [0, 0.1) is 6.92 Å². The molecule has 2 aromatic carbocycles. The first-order valence-corrected chi connectivity index (χ1v) is 8.46. The van der Waals surface area contributed by atoms with Crippen molar-refractivity contribution in [1.82, 2.24) is 0 Å². The summed E-state index contributed by atoms with van der Waals surface area (Å²) in [5.74, 6) is 1.04. The van der Waals surface area contributed by atoms with Gasteiger partial charge in [-0.2, -0.15) is 0 Å². The fraction of sp³-hybridized carbons (Fsp3) is 0.143. The molecule has 0 atom stereocenters. The van der Waals surface area contributed by atoms with Crippen molar-refractivity contribution in [3.05, 3.63) is 74.9 Å². The maximum absolute atomic E-state index is 12.7. The van der Waals surface area contributed by atoms with Gasteiger partial charge in [-0.05, 0) is 43.7 Å². The van der Waals surface area contributed by atoms with E-state index in [1.165, 1.54) is 12.3 Å². The molecule has 0 fully saturated rings. The molecule has 2 heterocycles. The van der Waals surface area contributed by atoms with Gasteiger partial charge in [-0.1, -0.05) is 0 Å². The molecule has 0 saturated carbocycles. The molecule has 6 heteroatoms. The summed E-state index contributed by atoms with van der Waals surface area (Å²) < 4.78 is 21.8. The quantitative estimate of drug-likeness (QED) is 0.500. The third kappa shape index (κ3) is 3.17. The number of aryl methyl sites for hydroxylation is 1. The maximum atomic E-state index is 12.7. The molecule has 0 radical (unpaired) electrons. The van der Waals surface area contributed by atoms with Crippen LogP contribution in [0.4, 0.5) is 0 Å². The average Bonchev–Trinajstić information content (AvgIpc) is 2.64. The summed E-state index contributed by atoms with van der Waals surface area (Å²) in [6.07, 6.45) is 1.26. The van der Waals surface area contributed by atoms with Crippen molar-refractivity contribution < 1.29 is 18.3 Å². The van der Waals surface area contributed by atoms with Crippen LogP contribution in [0.15, 0.2) is 67.2 Å². The molecule has 0 unspecified atom stereocenters. The molecule has 0 N–H and O–H groups in total. The van der Waals surface area contributed by atoms with Gasteiger partial charge in [0, 0.05) is 23.6 Å². The number of benzene rings is 2. The fourth-order valence-electron chi connectivity index (χ4n) is 2.91. The highest BCUT2D eigenvalue weighted by Gasteiger charge is 2.11. The Morgan fingerprint density at radius 1 is 0.926 bits per heavy atom. The van der Waals surface area contributed by atoms with E-state index in [2.05, 4.69) is 0 Å². The van der Waals surface area contributed by atoms with Gasteiger partial charge < -0.3 is 18.3 Å². The molecule has 0 spiro atoms. The first kappa shape index (κ1) is 16.9. The maximum Gasteiger partial charge on any atom is 0.336 e. The Labute approximate surface area is 153 Å². The van der Waals surface area contributed by atoms with Gasteiger partial charge in [0.15, 0.2) is 0 Å². The smallest absolute Gasteiger partial charge is 0.336 e. The van der Waals surface area contributed by atoms with E-state index in [0.29, 0.717) is 34.7 Å². The minimum Gasteiger partial charge on any atom is -0.494 e. The molecule has 0 aliphatic heterocycles. The lowest BCUT2D eigenvalue weighted by Gasteiger charge is -2.08. The lowest BCUT2D eigenvalue weighted by Crippen LogP contribution is -2.05. The third-order valence-corrected chi connectivity index (χ3v) is 4.18. The molecular formula is C21H16O6. The minimum absolute atomic E-state index is 0.0426. The lowest BCUT2D eigenvalue weighted by molar-refractivity contribution is 0.340.